The highest BCUT2D eigenvalue weighted by molar-refractivity contribution is 5.64. The zero-order valence-corrected chi connectivity index (χ0v) is 10.5. The maximum Gasteiger partial charge on any atom is 0.226 e. The van der Waals surface area contributed by atoms with Crippen molar-refractivity contribution in [3.63, 3.8) is 0 Å². The Bertz CT molecular complexity index is 542. The van der Waals surface area contributed by atoms with Gasteiger partial charge in [0, 0.05) is 13.5 Å². The monoisotopic (exact) mass is 244 g/mol. The maximum atomic E-state index is 9.83. The third-order valence-electron chi connectivity index (χ3n) is 2.52. The van der Waals surface area contributed by atoms with Crippen molar-refractivity contribution in [2.75, 3.05) is 12.4 Å². The molecule has 0 aliphatic carbocycles. The Morgan fingerprint density at radius 2 is 1.94 bits per heavy atom. The number of rotatable bonds is 4. The summed E-state index contributed by atoms with van der Waals surface area (Å²) in [5.74, 6) is 1.92. The molecule has 0 saturated heterocycles. The van der Waals surface area contributed by atoms with Crippen LogP contribution in [0, 0.1) is 0 Å². The Balaban J connectivity index is 2.50. The molecule has 0 saturated carbocycles. The van der Waals surface area contributed by atoms with Gasteiger partial charge in [0.2, 0.25) is 5.95 Å². The quantitative estimate of drug-likeness (QED) is 0.863. The van der Waals surface area contributed by atoms with Crippen LogP contribution in [0.2, 0.25) is 0 Å². The molecule has 2 rings (SSSR count). The summed E-state index contributed by atoms with van der Waals surface area (Å²) in [6.07, 6.45) is 1.76. The fraction of sp³-hybridized carbons (Fsp3) is 0.308. The van der Waals surface area contributed by atoms with E-state index >= 15 is 0 Å². The molecule has 1 aromatic heterocycles. The lowest BCUT2D eigenvalue weighted by Crippen LogP contribution is -2.05. The number of aromatic nitrogens is 3. The van der Waals surface area contributed by atoms with Gasteiger partial charge in [-0.05, 0) is 18.6 Å². The van der Waals surface area contributed by atoms with E-state index in [2.05, 4.69) is 27.2 Å². The molecule has 5 nitrogen and oxygen atoms in total. The number of benzene rings is 1. The van der Waals surface area contributed by atoms with Crippen molar-refractivity contribution in [1.82, 2.24) is 15.0 Å². The van der Waals surface area contributed by atoms with Gasteiger partial charge in [0.25, 0.3) is 0 Å². The van der Waals surface area contributed by atoms with E-state index in [4.69, 9.17) is 0 Å². The van der Waals surface area contributed by atoms with Gasteiger partial charge >= 0.3 is 0 Å². The molecular weight excluding hydrogens is 228 g/mol. The first-order valence-electron chi connectivity index (χ1n) is 5.95. The lowest BCUT2D eigenvalue weighted by atomic mass is 10.2. The van der Waals surface area contributed by atoms with Gasteiger partial charge in [-0.1, -0.05) is 19.1 Å². The number of para-hydroxylation sites is 1. The molecule has 0 bridgehead atoms. The number of aromatic hydroxyl groups is 1. The highest BCUT2D eigenvalue weighted by atomic mass is 16.3. The van der Waals surface area contributed by atoms with Crippen LogP contribution in [0.5, 0.6) is 5.75 Å². The van der Waals surface area contributed by atoms with E-state index in [0.29, 0.717) is 17.3 Å². The molecule has 0 radical (unpaired) electrons. The number of phenols is 1. The van der Waals surface area contributed by atoms with Crippen molar-refractivity contribution in [1.29, 1.82) is 0 Å². The summed E-state index contributed by atoms with van der Waals surface area (Å²) in [7, 11) is 1.76. The van der Waals surface area contributed by atoms with Crippen LogP contribution in [0.1, 0.15) is 19.2 Å². The zero-order chi connectivity index (χ0) is 13.0. The van der Waals surface area contributed by atoms with Crippen LogP contribution < -0.4 is 5.32 Å². The number of hydrogen-bond donors (Lipinski definition) is 2. The predicted octanol–water partition coefficient (Wildman–Crippen LogP) is 2.24. The van der Waals surface area contributed by atoms with Gasteiger partial charge in [-0.15, -0.1) is 0 Å². The second-order valence-corrected chi connectivity index (χ2v) is 3.92. The van der Waals surface area contributed by atoms with Crippen LogP contribution in [0.25, 0.3) is 11.4 Å². The van der Waals surface area contributed by atoms with Gasteiger partial charge in [-0.2, -0.15) is 9.97 Å². The average Bonchev–Trinajstić information content (AvgIpc) is 2.39. The molecule has 0 fully saturated rings. The largest absolute Gasteiger partial charge is 0.507 e. The lowest BCUT2D eigenvalue weighted by Gasteiger charge is -2.07. The van der Waals surface area contributed by atoms with Crippen LogP contribution in [-0.4, -0.2) is 27.1 Å². The number of phenolic OH excluding ortho intramolecular Hbond substituents is 1. The van der Waals surface area contributed by atoms with Crippen LogP contribution in [0.15, 0.2) is 24.3 Å². The van der Waals surface area contributed by atoms with Crippen molar-refractivity contribution in [3.05, 3.63) is 30.1 Å². The summed E-state index contributed by atoms with van der Waals surface area (Å²) in [6.45, 7) is 2.07. The SMILES string of the molecule is CCCc1nc(NC)nc(-c2ccccc2O)n1. The van der Waals surface area contributed by atoms with Gasteiger partial charge in [0.1, 0.15) is 11.6 Å². The standard InChI is InChI=1S/C13H16N4O/c1-3-6-11-15-12(17-13(14-2)16-11)9-7-4-5-8-10(9)18/h4-5,7-8,18H,3,6H2,1-2H3,(H,14,15,16,17). The van der Waals surface area contributed by atoms with Gasteiger partial charge in [-0.3, -0.25) is 0 Å². The van der Waals surface area contributed by atoms with Crippen LogP contribution in [0.3, 0.4) is 0 Å². The second kappa shape index (κ2) is 5.44. The van der Waals surface area contributed by atoms with Crippen LogP contribution in [0.4, 0.5) is 5.95 Å². The fourth-order valence-corrected chi connectivity index (χ4v) is 1.65. The minimum absolute atomic E-state index is 0.174. The second-order valence-electron chi connectivity index (χ2n) is 3.92. The highest BCUT2D eigenvalue weighted by Gasteiger charge is 2.10. The summed E-state index contributed by atoms with van der Waals surface area (Å²) in [5, 5.41) is 12.7. The first kappa shape index (κ1) is 12.3. The van der Waals surface area contributed by atoms with Crippen LogP contribution in [-0.2, 0) is 6.42 Å². The third kappa shape index (κ3) is 2.56. The van der Waals surface area contributed by atoms with Gasteiger partial charge < -0.3 is 10.4 Å². The Morgan fingerprint density at radius 1 is 1.17 bits per heavy atom. The number of nitrogens with zero attached hydrogens (tertiary/aromatic N) is 3. The average molecular weight is 244 g/mol. The zero-order valence-electron chi connectivity index (χ0n) is 10.5. The molecule has 0 aliphatic heterocycles. The molecule has 0 atom stereocenters. The fourth-order valence-electron chi connectivity index (χ4n) is 1.65. The lowest BCUT2D eigenvalue weighted by molar-refractivity contribution is 0.477. The van der Waals surface area contributed by atoms with Gasteiger partial charge in [0.05, 0.1) is 5.56 Å². The normalized spacial score (nSPS) is 10.3. The van der Waals surface area contributed by atoms with E-state index in [9.17, 15) is 5.11 Å². The van der Waals surface area contributed by atoms with Crippen LogP contribution >= 0.6 is 0 Å². The number of aryl methyl sites for hydroxylation is 1. The van der Waals surface area contributed by atoms with E-state index in [1.54, 1.807) is 25.2 Å². The van der Waals surface area contributed by atoms with E-state index in [1.807, 2.05) is 6.07 Å². The molecular formula is C13H16N4O. The Labute approximate surface area is 106 Å². The van der Waals surface area contributed by atoms with Gasteiger partial charge in [-0.25, -0.2) is 4.98 Å². The van der Waals surface area contributed by atoms with Crippen molar-refractivity contribution >= 4 is 5.95 Å². The smallest absolute Gasteiger partial charge is 0.226 e. The number of hydrogen-bond acceptors (Lipinski definition) is 5. The first-order valence-corrected chi connectivity index (χ1v) is 5.95. The predicted molar refractivity (Wildman–Crippen MR) is 70.5 cm³/mol. The molecule has 0 spiro atoms. The Kier molecular flexibility index (Phi) is 3.72. The summed E-state index contributed by atoms with van der Waals surface area (Å²) in [4.78, 5) is 12.9. The maximum absolute atomic E-state index is 9.83. The Hall–Kier alpha value is -2.17. The summed E-state index contributed by atoms with van der Waals surface area (Å²) in [5.41, 5.74) is 0.619. The molecule has 0 aliphatic rings. The van der Waals surface area contributed by atoms with E-state index in [0.717, 1.165) is 18.7 Å². The molecule has 2 N–H and O–H groups in total. The molecule has 5 heteroatoms. The van der Waals surface area contributed by atoms with E-state index < -0.39 is 0 Å². The summed E-state index contributed by atoms with van der Waals surface area (Å²) < 4.78 is 0. The summed E-state index contributed by atoms with van der Waals surface area (Å²) in [6, 6.07) is 7.03. The molecule has 1 aromatic carbocycles. The van der Waals surface area contributed by atoms with E-state index in [1.165, 1.54) is 0 Å². The molecule has 0 unspecified atom stereocenters. The highest BCUT2D eigenvalue weighted by Crippen LogP contribution is 2.26. The molecule has 94 valence electrons. The van der Waals surface area contributed by atoms with Crippen molar-refractivity contribution in [2.24, 2.45) is 0 Å². The molecule has 18 heavy (non-hydrogen) atoms. The minimum Gasteiger partial charge on any atom is -0.507 e. The first-order chi connectivity index (χ1) is 8.74. The third-order valence-corrected chi connectivity index (χ3v) is 2.52. The molecule has 1 heterocycles. The molecule has 0 amide bonds. The van der Waals surface area contributed by atoms with Crippen molar-refractivity contribution < 1.29 is 5.11 Å². The topological polar surface area (TPSA) is 70.9 Å². The minimum atomic E-state index is 0.174. The van der Waals surface area contributed by atoms with Crippen molar-refractivity contribution in [2.45, 2.75) is 19.8 Å². The summed E-state index contributed by atoms with van der Waals surface area (Å²) >= 11 is 0. The molecule has 2 aromatic rings. The Morgan fingerprint density at radius 3 is 2.61 bits per heavy atom. The van der Waals surface area contributed by atoms with Gasteiger partial charge in [0.15, 0.2) is 5.82 Å². The number of nitrogens with one attached hydrogen (secondary N) is 1. The number of anilines is 1. The van der Waals surface area contributed by atoms with E-state index in [-0.39, 0.29) is 5.75 Å². The van der Waals surface area contributed by atoms with Crippen molar-refractivity contribution in [3.8, 4) is 17.1 Å².